The van der Waals surface area contributed by atoms with Crippen LogP contribution in [-0.4, -0.2) is 38.8 Å². The predicted octanol–water partition coefficient (Wildman–Crippen LogP) is 3.05. The molecule has 0 saturated carbocycles. The van der Waals surface area contributed by atoms with Crippen molar-refractivity contribution in [3.8, 4) is 0 Å². The van der Waals surface area contributed by atoms with E-state index in [9.17, 15) is 0 Å². The molecule has 25 heavy (non-hydrogen) atoms. The zero-order valence-corrected chi connectivity index (χ0v) is 15.3. The van der Waals surface area contributed by atoms with Crippen LogP contribution in [0.4, 0.5) is 0 Å². The largest absolute Gasteiger partial charge is 0.376 e. The Morgan fingerprint density at radius 3 is 2.96 bits per heavy atom. The van der Waals surface area contributed by atoms with Gasteiger partial charge in [-0.15, -0.1) is 0 Å². The summed E-state index contributed by atoms with van der Waals surface area (Å²) < 4.78 is 8.17. The highest BCUT2D eigenvalue weighted by atomic mass is 32.1. The van der Waals surface area contributed by atoms with Crippen molar-refractivity contribution in [1.29, 1.82) is 0 Å². The van der Waals surface area contributed by atoms with Crippen LogP contribution in [0.2, 0.25) is 0 Å². The first-order valence-electron chi connectivity index (χ1n) is 9.02. The van der Waals surface area contributed by atoms with E-state index in [-0.39, 0.29) is 18.2 Å². The number of hydrogen-bond acceptors (Lipinski definition) is 3. The second kappa shape index (κ2) is 7.14. The van der Waals surface area contributed by atoms with E-state index in [1.807, 2.05) is 18.3 Å². The summed E-state index contributed by atoms with van der Waals surface area (Å²) in [6.45, 7) is 4.80. The number of aromatic nitrogens is 2. The van der Waals surface area contributed by atoms with Crippen LogP contribution in [0.3, 0.4) is 0 Å². The molecule has 4 heterocycles. The molecule has 0 aliphatic carbocycles. The maximum absolute atomic E-state index is 5.87. The highest BCUT2D eigenvalue weighted by molar-refractivity contribution is 7.80. The van der Waals surface area contributed by atoms with E-state index in [2.05, 4.69) is 51.1 Å². The zero-order chi connectivity index (χ0) is 17.2. The van der Waals surface area contributed by atoms with E-state index in [1.54, 1.807) is 0 Å². The Morgan fingerprint density at radius 1 is 1.32 bits per heavy atom. The fourth-order valence-electron chi connectivity index (χ4n) is 3.92. The summed E-state index contributed by atoms with van der Waals surface area (Å²) in [6.07, 6.45) is 6.48. The van der Waals surface area contributed by atoms with Crippen LogP contribution in [0.5, 0.6) is 0 Å². The van der Waals surface area contributed by atoms with Crippen LogP contribution in [0.1, 0.15) is 43.2 Å². The van der Waals surface area contributed by atoms with Crippen LogP contribution in [0.15, 0.2) is 42.7 Å². The quantitative estimate of drug-likeness (QED) is 0.834. The number of hydrogen-bond donors (Lipinski definition) is 1. The first-order valence-corrected chi connectivity index (χ1v) is 9.43. The average molecular weight is 356 g/mol. The Hall–Kier alpha value is -1.92. The van der Waals surface area contributed by atoms with Gasteiger partial charge in [-0.25, -0.2) is 0 Å². The molecule has 0 bridgehead atoms. The molecule has 5 nitrogen and oxygen atoms in total. The monoisotopic (exact) mass is 356 g/mol. The lowest BCUT2D eigenvalue weighted by Gasteiger charge is -2.30. The number of nitrogens with zero attached hydrogens (tertiary/aromatic N) is 3. The molecule has 0 amide bonds. The van der Waals surface area contributed by atoms with Crippen molar-refractivity contribution in [2.24, 2.45) is 0 Å². The third kappa shape index (κ3) is 3.16. The summed E-state index contributed by atoms with van der Waals surface area (Å²) >= 11 is 5.70. The molecule has 2 aliphatic rings. The first-order chi connectivity index (χ1) is 12.3. The summed E-state index contributed by atoms with van der Waals surface area (Å²) in [5, 5.41) is 4.30. The van der Waals surface area contributed by atoms with Crippen molar-refractivity contribution < 1.29 is 4.74 Å². The number of rotatable bonds is 5. The van der Waals surface area contributed by atoms with E-state index < -0.39 is 0 Å². The molecule has 2 fully saturated rings. The highest BCUT2D eigenvalue weighted by Gasteiger charge is 2.42. The molecule has 2 aliphatic heterocycles. The Labute approximate surface area is 154 Å². The van der Waals surface area contributed by atoms with Gasteiger partial charge in [0, 0.05) is 37.8 Å². The molecule has 0 aromatic carbocycles. The van der Waals surface area contributed by atoms with Gasteiger partial charge in [-0.05, 0) is 56.2 Å². The summed E-state index contributed by atoms with van der Waals surface area (Å²) in [5.41, 5.74) is 2.29. The van der Waals surface area contributed by atoms with E-state index in [4.69, 9.17) is 17.0 Å². The van der Waals surface area contributed by atoms with Crippen LogP contribution in [0.25, 0.3) is 0 Å². The number of nitrogens with one attached hydrogen (secondary N) is 1. The standard InChI is InChI=1S/C19H24N4OS/c1-2-22-11-5-9-16(22)18-17(15-8-3-4-10-20-15)21-19(25)23(18)13-14-7-6-12-24-14/h3-5,8-11,14,17-18H,2,6-7,12-13H2,1H3,(H,21,25)/t14-,17-,18+/m0/s1. The molecule has 2 aromatic heterocycles. The van der Waals surface area contributed by atoms with Crippen LogP contribution in [0, 0.1) is 0 Å². The zero-order valence-electron chi connectivity index (χ0n) is 14.5. The van der Waals surface area contributed by atoms with Gasteiger partial charge in [-0.2, -0.15) is 0 Å². The normalized spacial score (nSPS) is 26.2. The molecule has 4 rings (SSSR count). The van der Waals surface area contributed by atoms with E-state index in [1.165, 1.54) is 5.69 Å². The minimum absolute atomic E-state index is 0.0512. The third-order valence-corrected chi connectivity index (χ3v) is 5.48. The van der Waals surface area contributed by atoms with Gasteiger partial charge in [0.05, 0.1) is 23.9 Å². The molecular weight excluding hydrogens is 332 g/mol. The Kier molecular flexibility index (Phi) is 4.72. The SMILES string of the molecule is CCn1cccc1[C@@H]1[C@H](c2ccccn2)NC(=S)N1C[C@@H]1CCCO1. The van der Waals surface area contributed by atoms with Crippen molar-refractivity contribution in [2.75, 3.05) is 13.2 Å². The topological polar surface area (TPSA) is 42.3 Å². The minimum atomic E-state index is 0.0512. The summed E-state index contributed by atoms with van der Waals surface area (Å²) in [4.78, 5) is 6.89. The average Bonchev–Trinajstić information content (AvgIpc) is 3.37. The van der Waals surface area contributed by atoms with Crippen molar-refractivity contribution in [2.45, 2.75) is 44.5 Å². The van der Waals surface area contributed by atoms with Gasteiger partial charge in [0.2, 0.25) is 0 Å². The van der Waals surface area contributed by atoms with Gasteiger partial charge in [0.15, 0.2) is 5.11 Å². The maximum Gasteiger partial charge on any atom is 0.170 e. The highest BCUT2D eigenvalue weighted by Crippen LogP contribution is 2.39. The smallest absolute Gasteiger partial charge is 0.170 e. The summed E-state index contributed by atoms with van der Waals surface area (Å²) in [5.74, 6) is 0. The first kappa shape index (κ1) is 16.5. The summed E-state index contributed by atoms with van der Waals surface area (Å²) in [6, 6.07) is 10.5. The number of pyridine rings is 1. The number of thiocarbonyl (C=S) groups is 1. The maximum atomic E-state index is 5.87. The van der Waals surface area contributed by atoms with Gasteiger partial charge < -0.3 is 19.5 Å². The number of aryl methyl sites for hydroxylation is 1. The lowest BCUT2D eigenvalue weighted by molar-refractivity contribution is 0.0834. The lowest BCUT2D eigenvalue weighted by atomic mass is 10.0. The second-order valence-electron chi connectivity index (χ2n) is 6.63. The third-order valence-electron chi connectivity index (χ3n) is 5.13. The van der Waals surface area contributed by atoms with Crippen LogP contribution in [-0.2, 0) is 11.3 Å². The Bertz CT molecular complexity index is 726. The molecule has 0 spiro atoms. The van der Waals surface area contributed by atoms with Gasteiger partial charge in [-0.3, -0.25) is 4.98 Å². The van der Waals surface area contributed by atoms with Crippen LogP contribution < -0.4 is 5.32 Å². The molecule has 0 unspecified atom stereocenters. The Balaban J connectivity index is 1.70. The fraction of sp³-hybridized carbons (Fsp3) is 0.474. The van der Waals surface area contributed by atoms with E-state index >= 15 is 0 Å². The molecule has 2 aromatic rings. The van der Waals surface area contributed by atoms with Gasteiger partial charge >= 0.3 is 0 Å². The predicted molar refractivity (Wildman–Crippen MR) is 101 cm³/mol. The van der Waals surface area contributed by atoms with Gasteiger partial charge in [0.1, 0.15) is 0 Å². The van der Waals surface area contributed by atoms with E-state index in [0.29, 0.717) is 0 Å². The lowest BCUT2D eigenvalue weighted by Crippen LogP contribution is -2.36. The molecular formula is C19H24N4OS. The van der Waals surface area contributed by atoms with Gasteiger partial charge in [-0.1, -0.05) is 6.07 Å². The molecule has 3 atom stereocenters. The summed E-state index contributed by atoms with van der Waals surface area (Å²) in [7, 11) is 0. The molecule has 0 radical (unpaired) electrons. The second-order valence-corrected chi connectivity index (χ2v) is 7.02. The Morgan fingerprint density at radius 2 is 2.24 bits per heavy atom. The number of ether oxygens (including phenoxy) is 1. The van der Waals surface area contributed by atoms with Crippen LogP contribution >= 0.6 is 12.2 Å². The molecule has 132 valence electrons. The van der Waals surface area contributed by atoms with Crippen molar-refractivity contribution in [3.63, 3.8) is 0 Å². The fourth-order valence-corrected chi connectivity index (χ4v) is 4.23. The van der Waals surface area contributed by atoms with E-state index in [0.717, 1.165) is 43.3 Å². The molecule has 2 saturated heterocycles. The molecule has 6 heteroatoms. The minimum Gasteiger partial charge on any atom is -0.376 e. The van der Waals surface area contributed by atoms with Gasteiger partial charge in [0.25, 0.3) is 0 Å². The van der Waals surface area contributed by atoms with Crippen molar-refractivity contribution in [1.82, 2.24) is 19.8 Å². The molecule has 1 N–H and O–H groups in total. The van der Waals surface area contributed by atoms with Crippen molar-refractivity contribution in [3.05, 3.63) is 54.1 Å². The van der Waals surface area contributed by atoms with Crippen molar-refractivity contribution >= 4 is 17.3 Å².